The molecule has 0 N–H and O–H groups in total. The van der Waals surface area contributed by atoms with Crippen molar-refractivity contribution in [2.45, 2.75) is 0 Å². The Morgan fingerprint density at radius 1 is 1.27 bits per heavy atom. The van der Waals surface area contributed by atoms with Crippen LogP contribution >= 0.6 is 11.8 Å². The van der Waals surface area contributed by atoms with Crippen LogP contribution in [0.1, 0.15) is 5.76 Å². The summed E-state index contributed by atoms with van der Waals surface area (Å²) in [4.78, 5) is 26.1. The highest BCUT2D eigenvalue weighted by atomic mass is 32.2. The average molecular weight is 427 g/mol. The van der Waals surface area contributed by atoms with Crippen molar-refractivity contribution in [3.63, 3.8) is 0 Å². The molecule has 1 amide bonds. The maximum atomic E-state index is 12.8. The molecule has 1 aromatic carbocycles. The number of benzene rings is 1. The molecule has 3 aromatic rings. The third-order valence-electron chi connectivity index (χ3n) is 4.42. The summed E-state index contributed by atoms with van der Waals surface area (Å²) in [7, 11) is 2.92. The minimum Gasteiger partial charge on any atom is -0.495 e. The van der Waals surface area contributed by atoms with Gasteiger partial charge < -0.3 is 18.3 Å². The summed E-state index contributed by atoms with van der Waals surface area (Å²) in [5.41, 5.74) is 0.250. The van der Waals surface area contributed by atoms with Crippen LogP contribution in [0.4, 0.5) is 0 Å². The van der Waals surface area contributed by atoms with Gasteiger partial charge in [-0.1, -0.05) is 17.8 Å². The van der Waals surface area contributed by atoms with Gasteiger partial charge in [0.05, 0.1) is 37.8 Å². The fourth-order valence-corrected chi connectivity index (χ4v) is 4.01. The molecule has 154 valence electrons. The van der Waals surface area contributed by atoms with E-state index in [1.165, 1.54) is 49.4 Å². The van der Waals surface area contributed by atoms with Crippen molar-refractivity contribution in [3.8, 4) is 11.5 Å². The van der Waals surface area contributed by atoms with Crippen LogP contribution in [-0.2, 0) is 4.79 Å². The van der Waals surface area contributed by atoms with Crippen molar-refractivity contribution in [3.05, 3.63) is 47.0 Å². The van der Waals surface area contributed by atoms with Crippen LogP contribution in [0.5, 0.6) is 11.5 Å². The Labute approximate surface area is 174 Å². The SMILES string of the molecule is C=CCN1C(=O)CS/C1=N/N=C/c1cc(=O)c2c(OC)c3ccoc3c(OC)c2o1. The van der Waals surface area contributed by atoms with E-state index in [0.29, 0.717) is 34.2 Å². The van der Waals surface area contributed by atoms with E-state index < -0.39 is 0 Å². The van der Waals surface area contributed by atoms with E-state index in [4.69, 9.17) is 18.3 Å². The predicted molar refractivity (Wildman–Crippen MR) is 115 cm³/mol. The van der Waals surface area contributed by atoms with Gasteiger partial charge in [-0.3, -0.25) is 14.5 Å². The average Bonchev–Trinajstić information content (AvgIpc) is 3.34. The van der Waals surface area contributed by atoms with Crippen molar-refractivity contribution >= 4 is 51.0 Å². The summed E-state index contributed by atoms with van der Waals surface area (Å²) < 4.78 is 22.2. The number of carbonyl (C=O) groups is 1. The summed E-state index contributed by atoms with van der Waals surface area (Å²) in [6.07, 6.45) is 4.38. The lowest BCUT2D eigenvalue weighted by molar-refractivity contribution is -0.123. The zero-order valence-corrected chi connectivity index (χ0v) is 17.0. The second-order valence-corrected chi connectivity index (χ2v) is 7.10. The number of furan rings is 1. The number of amides is 1. The van der Waals surface area contributed by atoms with E-state index in [2.05, 4.69) is 16.8 Å². The van der Waals surface area contributed by atoms with Crippen LogP contribution in [0.25, 0.3) is 21.9 Å². The molecule has 0 saturated carbocycles. The van der Waals surface area contributed by atoms with E-state index in [9.17, 15) is 9.59 Å². The van der Waals surface area contributed by atoms with Gasteiger partial charge in [0.2, 0.25) is 11.7 Å². The Hall–Kier alpha value is -3.53. The second-order valence-electron chi connectivity index (χ2n) is 6.16. The highest BCUT2D eigenvalue weighted by molar-refractivity contribution is 8.15. The van der Waals surface area contributed by atoms with Gasteiger partial charge in [-0.15, -0.1) is 11.7 Å². The van der Waals surface area contributed by atoms with Crippen molar-refractivity contribution in [2.24, 2.45) is 10.2 Å². The Balaban J connectivity index is 1.80. The van der Waals surface area contributed by atoms with Crippen LogP contribution in [-0.4, -0.2) is 48.7 Å². The Bertz CT molecular complexity index is 1270. The molecule has 1 saturated heterocycles. The molecule has 0 atom stereocenters. The second kappa shape index (κ2) is 8.07. The standard InChI is InChI=1S/C20H17N3O6S/c1-4-6-23-14(25)10-30-20(23)22-21-9-11-8-13(24)15-16(26-2)12-5-7-28-17(12)19(27-3)18(15)29-11/h4-5,7-9H,1,6,10H2,2-3H3/b21-9+,22-20+. The van der Waals surface area contributed by atoms with Gasteiger partial charge in [-0.25, -0.2) is 0 Å². The molecule has 0 bridgehead atoms. The predicted octanol–water partition coefficient (Wildman–Crippen LogP) is 3.01. The van der Waals surface area contributed by atoms with Gasteiger partial charge in [0.1, 0.15) is 11.1 Å². The fraction of sp³-hybridized carbons (Fsp3) is 0.200. The molecular formula is C20H17N3O6S. The number of fused-ring (bicyclic) bond motifs is 2. The third kappa shape index (κ3) is 3.24. The van der Waals surface area contributed by atoms with Gasteiger partial charge in [0.25, 0.3) is 0 Å². The number of hydrogen-bond acceptors (Lipinski definition) is 9. The molecule has 0 radical (unpaired) electrons. The van der Waals surface area contributed by atoms with E-state index in [-0.39, 0.29) is 33.8 Å². The lowest BCUT2D eigenvalue weighted by Crippen LogP contribution is -2.29. The maximum absolute atomic E-state index is 12.8. The Morgan fingerprint density at radius 3 is 2.80 bits per heavy atom. The number of carbonyl (C=O) groups excluding carboxylic acids is 1. The van der Waals surface area contributed by atoms with Crippen LogP contribution < -0.4 is 14.9 Å². The Morgan fingerprint density at radius 2 is 2.07 bits per heavy atom. The lowest BCUT2D eigenvalue weighted by atomic mass is 10.1. The number of hydrogen-bond donors (Lipinski definition) is 0. The summed E-state index contributed by atoms with van der Waals surface area (Å²) in [6, 6.07) is 2.98. The van der Waals surface area contributed by atoms with Crippen LogP contribution in [0.2, 0.25) is 0 Å². The normalized spacial score (nSPS) is 15.7. The molecule has 30 heavy (non-hydrogen) atoms. The van der Waals surface area contributed by atoms with Crippen LogP contribution in [0.3, 0.4) is 0 Å². The van der Waals surface area contributed by atoms with Crippen molar-refractivity contribution in [1.29, 1.82) is 0 Å². The molecule has 0 aliphatic carbocycles. The fourth-order valence-electron chi connectivity index (χ4n) is 3.17. The smallest absolute Gasteiger partial charge is 0.239 e. The molecule has 10 heteroatoms. The minimum absolute atomic E-state index is 0.0645. The molecule has 1 fully saturated rings. The van der Waals surface area contributed by atoms with Crippen LogP contribution in [0, 0.1) is 0 Å². The van der Waals surface area contributed by atoms with E-state index in [1.54, 1.807) is 12.1 Å². The van der Waals surface area contributed by atoms with E-state index >= 15 is 0 Å². The summed E-state index contributed by atoms with van der Waals surface area (Å²) >= 11 is 1.28. The zero-order valence-electron chi connectivity index (χ0n) is 16.2. The molecule has 9 nitrogen and oxygen atoms in total. The molecular weight excluding hydrogens is 410 g/mol. The third-order valence-corrected chi connectivity index (χ3v) is 5.37. The maximum Gasteiger partial charge on any atom is 0.239 e. The van der Waals surface area contributed by atoms with Crippen molar-refractivity contribution in [2.75, 3.05) is 26.5 Å². The largest absolute Gasteiger partial charge is 0.495 e. The molecule has 0 spiro atoms. The Kier molecular flexibility index (Phi) is 5.32. The van der Waals surface area contributed by atoms with E-state index in [0.717, 1.165) is 0 Å². The van der Waals surface area contributed by atoms with Crippen molar-refractivity contribution < 1.29 is 23.1 Å². The van der Waals surface area contributed by atoms with Crippen LogP contribution in [0.15, 0.2) is 54.9 Å². The number of methoxy groups -OCH3 is 2. The summed E-state index contributed by atoms with van der Waals surface area (Å²) in [6.45, 7) is 3.98. The first-order valence-electron chi connectivity index (χ1n) is 8.83. The first-order chi connectivity index (χ1) is 14.6. The number of thioether (sulfide) groups is 1. The highest BCUT2D eigenvalue weighted by Crippen LogP contribution is 2.41. The van der Waals surface area contributed by atoms with Gasteiger partial charge in [0, 0.05) is 12.6 Å². The van der Waals surface area contributed by atoms with Gasteiger partial charge in [-0.05, 0) is 6.07 Å². The monoisotopic (exact) mass is 427 g/mol. The first-order valence-corrected chi connectivity index (χ1v) is 9.81. The summed E-state index contributed by atoms with van der Waals surface area (Å²) in [5, 5.41) is 9.34. The molecule has 3 heterocycles. The van der Waals surface area contributed by atoms with Gasteiger partial charge in [0.15, 0.2) is 27.5 Å². The minimum atomic E-state index is -0.331. The molecule has 4 rings (SSSR count). The van der Waals surface area contributed by atoms with Gasteiger partial charge >= 0.3 is 0 Å². The zero-order chi connectivity index (χ0) is 21.3. The molecule has 1 aliphatic rings. The topological polar surface area (TPSA) is 107 Å². The number of ether oxygens (including phenoxy) is 2. The molecule has 1 aliphatic heterocycles. The van der Waals surface area contributed by atoms with Crippen molar-refractivity contribution in [1.82, 2.24) is 4.90 Å². The number of amidine groups is 1. The molecule has 2 aromatic heterocycles. The quantitative estimate of drug-likeness (QED) is 0.338. The van der Waals surface area contributed by atoms with E-state index in [1.807, 2.05) is 0 Å². The highest BCUT2D eigenvalue weighted by Gasteiger charge is 2.27. The number of nitrogens with zero attached hydrogens (tertiary/aromatic N) is 3. The number of rotatable bonds is 6. The summed E-state index contributed by atoms with van der Waals surface area (Å²) in [5.74, 6) is 1.01. The molecule has 0 unspecified atom stereocenters. The van der Waals surface area contributed by atoms with Gasteiger partial charge in [-0.2, -0.15) is 5.10 Å². The first kappa shape index (κ1) is 19.8. The lowest BCUT2D eigenvalue weighted by Gasteiger charge is -2.11.